The maximum absolute atomic E-state index is 6.73. The van der Waals surface area contributed by atoms with Gasteiger partial charge in [-0.3, -0.25) is 0 Å². The highest BCUT2D eigenvalue weighted by Gasteiger charge is 2.20. The predicted octanol–water partition coefficient (Wildman–Crippen LogP) is 9.37. The molecule has 0 spiro atoms. The molecular weight excluding hydrogens is 408 g/mol. The molecule has 8 rings (SSSR count). The molecule has 2 heteroatoms. The van der Waals surface area contributed by atoms with Gasteiger partial charge in [0.15, 0.2) is 0 Å². The molecule has 148 valence electrons. The van der Waals surface area contributed by atoms with Crippen molar-refractivity contribution in [3.8, 4) is 11.1 Å². The predicted molar refractivity (Wildman–Crippen MR) is 138 cm³/mol. The number of thiophene rings is 1. The van der Waals surface area contributed by atoms with Crippen LogP contribution in [0.3, 0.4) is 0 Å². The molecule has 0 bridgehead atoms. The lowest BCUT2D eigenvalue weighted by Crippen LogP contribution is -1.83. The van der Waals surface area contributed by atoms with Crippen molar-refractivity contribution in [1.82, 2.24) is 0 Å². The quantitative estimate of drug-likeness (QED) is 0.239. The Kier molecular flexibility index (Phi) is 3.08. The van der Waals surface area contributed by atoms with Crippen molar-refractivity contribution < 1.29 is 4.42 Å². The lowest BCUT2D eigenvalue weighted by Gasteiger charge is -2.11. The van der Waals surface area contributed by atoms with Gasteiger partial charge in [-0.1, -0.05) is 72.8 Å². The first-order valence-electron chi connectivity index (χ1n) is 10.9. The molecular formula is C30H16OS. The second-order valence-electron chi connectivity index (χ2n) is 8.50. The molecule has 0 unspecified atom stereocenters. The summed E-state index contributed by atoms with van der Waals surface area (Å²) in [5.74, 6) is 0. The summed E-state index contributed by atoms with van der Waals surface area (Å²) in [7, 11) is 0. The van der Waals surface area contributed by atoms with Crippen LogP contribution in [0.2, 0.25) is 0 Å². The fourth-order valence-electron chi connectivity index (χ4n) is 5.48. The van der Waals surface area contributed by atoms with E-state index in [0.717, 1.165) is 11.2 Å². The van der Waals surface area contributed by atoms with Gasteiger partial charge in [0.1, 0.15) is 11.2 Å². The van der Waals surface area contributed by atoms with Gasteiger partial charge in [0.25, 0.3) is 0 Å². The van der Waals surface area contributed by atoms with Gasteiger partial charge in [0, 0.05) is 30.9 Å². The lowest BCUT2D eigenvalue weighted by atomic mass is 9.91. The van der Waals surface area contributed by atoms with E-state index in [1.165, 1.54) is 63.6 Å². The van der Waals surface area contributed by atoms with E-state index in [2.05, 4.69) is 97.1 Å². The molecule has 0 aliphatic carbocycles. The zero-order chi connectivity index (χ0) is 20.8. The molecule has 0 amide bonds. The minimum absolute atomic E-state index is 0.943. The average molecular weight is 425 g/mol. The Hall–Kier alpha value is -3.88. The summed E-state index contributed by atoms with van der Waals surface area (Å²) in [5.41, 5.74) is 4.30. The van der Waals surface area contributed by atoms with Gasteiger partial charge in [-0.2, -0.15) is 0 Å². The molecule has 0 aliphatic heterocycles. The van der Waals surface area contributed by atoms with E-state index in [1.807, 2.05) is 11.3 Å². The Morgan fingerprint density at radius 1 is 0.438 bits per heavy atom. The fourth-order valence-corrected chi connectivity index (χ4v) is 6.65. The number of hydrogen-bond acceptors (Lipinski definition) is 2. The van der Waals surface area contributed by atoms with E-state index < -0.39 is 0 Å². The molecule has 32 heavy (non-hydrogen) atoms. The van der Waals surface area contributed by atoms with Gasteiger partial charge >= 0.3 is 0 Å². The second-order valence-corrected chi connectivity index (χ2v) is 9.59. The number of hydrogen-bond donors (Lipinski definition) is 0. The monoisotopic (exact) mass is 424 g/mol. The molecule has 2 heterocycles. The Bertz CT molecular complexity index is 1970. The van der Waals surface area contributed by atoms with Gasteiger partial charge in [0.05, 0.1) is 0 Å². The van der Waals surface area contributed by atoms with Crippen LogP contribution in [-0.4, -0.2) is 0 Å². The van der Waals surface area contributed by atoms with Crippen LogP contribution in [0.5, 0.6) is 0 Å². The van der Waals surface area contributed by atoms with Crippen molar-refractivity contribution in [2.24, 2.45) is 0 Å². The third-order valence-corrected chi connectivity index (χ3v) is 7.92. The molecule has 0 fully saturated rings. The van der Waals surface area contributed by atoms with Crippen LogP contribution in [0.1, 0.15) is 0 Å². The first-order valence-corrected chi connectivity index (χ1v) is 11.7. The van der Waals surface area contributed by atoms with Gasteiger partial charge in [-0.05, 0) is 56.9 Å². The first-order chi connectivity index (χ1) is 15.9. The summed E-state index contributed by atoms with van der Waals surface area (Å²) >= 11 is 1.86. The van der Waals surface area contributed by atoms with Gasteiger partial charge in [-0.25, -0.2) is 0 Å². The van der Waals surface area contributed by atoms with E-state index >= 15 is 0 Å². The Balaban J connectivity index is 1.71. The fraction of sp³-hybridized carbons (Fsp3) is 0. The lowest BCUT2D eigenvalue weighted by molar-refractivity contribution is 0.664. The first kappa shape index (κ1) is 16.8. The molecule has 2 aromatic heterocycles. The average Bonchev–Trinajstić information content (AvgIpc) is 3.15. The van der Waals surface area contributed by atoms with E-state index in [4.69, 9.17) is 4.42 Å². The van der Waals surface area contributed by atoms with E-state index in [-0.39, 0.29) is 0 Å². The molecule has 0 atom stereocenters. The Labute approximate surface area is 187 Å². The molecule has 0 saturated heterocycles. The van der Waals surface area contributed by atoms with Crippen molar-refractivity contribution in [1.29, 1.82) is 0 Å². The molecule has 8 aromatic rings. The van der Waals surface area contributed by atoms with Crippen LogP contribution in [0.15, 0.2) is 101 Å². The van der Waals surface area contributed by atoms with E-state index in [9.17, 15) is 0 Å². The number of benzene rings is 6. The van der Waals surface area contributed by atoms with Crippen LogP contribution >= 0.6 is 11.3 Å². The van der Waals surface area contributed by atoms with E-state index in [0.29, 0.717) is 0 Å². The smallest absolute Gasteiger partial charge is 0.137 e. The molecule has 0 aliphatic rings. The van der Waals surface area contributed by atoms with Gasteiger partial charge < -0.3 is 4.42 Å². The second kappa shape index (κ2) is 5.87. The Morgan fingerprint density at radius 3 is 2.03 bits per heavy atom. The Morgan fingerprint density at radius 2 is 1.19 bits per heavy atom. The van der Waals surface area contributed by atoms with Crippen molar-refractivity contribution in [3.05, 3.63) is 97.1 Å². The zero-order valence-corrected chi connectivity index (χ0v) is 17.9. The standard InChI is InChI=1S/C30H16OS/c1-2-7-17(8-3-1)18-15-24-29-26(16-18)32-25-14-13-22-20-10-5-4-9-19(20)21-11-6-12-23(31-24)27(21)28(22)30(25)29/h1-16H. The summed E-state index contributed by atoms with van der Waals surface area (Å²) in [6.45, 7) is 0. The zero-order valence-electron chi connectivity index (χ0n) is 17.1. The molecule has 0 N–H and O–H groups in total. The van der Waals surface area contributed by atoms with Crippen LogP contribution in [-0.2, 0) is 0 Å². The van der Waals surface area contributed by atoms with Gasteiger partial charge in [0.2, 0.25) is 0 Å². The minimum Gasteiger partial charge on any atom is -0.456 e. The minimum atomic E-state index is 0.943. The maximum Gasteiger partial charge on any atom is 0.137 e. The van der Waals surface area contributed by atoms with Crippen LogP contribution in [0, 0.1) is 0 Å². The molecule has 0 radical (unpaired) electrons. The molecule has 6 aromatic carbocycles. The normalized spacial score (nSPS) is 12.4. The number of fused-ring (bicyclic) bond motifs is 3. The highest BCUT2D eigenvalue weighted by molar-refractivity contribution is 7.26. The molecule has 1 nitrogen and oxygen atoms in total. The van der Waals surface area contributed by atoms with Crippen LogP contribution < -0.4 is 0 Å². The van der Waals surface area contributed by atoms with Crippen molar-refractivity contribution in [2.45, 2.75) is 0 Å². The van der Waals surface area contributed by atoms with Gasteiger partial charge in [-0.15, -0.1) is 11.3 Å². The molecule has 0 saturated carbocycles. The third-order valence-electron chi connectivity index (χ3n) is 6.81. The third kappa shape index (κ3) is 2.03. The van der Waals surface area contributed by atoms with E-state index in [1.54, 1.807) is 0 Å². The number of rotatable bonds is 1. The summed E-state index contributed by atoms with van der Waals surface area (Å²) in [4.78, 5) is 0. The summed E-state index contributed by atoms with van der Waals surface area (Å²) < 4.78 is 9.32. The highest BCUT2D eigenvalue weighted by atomic mass is 32.1. The SMILES string of the molecule is c1ccc(-c2cc3oc4cccc5c6ccccc6c6ccc7sc(c2)c3c7c6c45)cc1. The van der Waals surface area contributed by atoms with Crippen LogP contribution in [0.25, 0.3) is 74.8 Å². The summed E-state index contributed by atoms with van der Waals surface area (Å²) in [6, 6.07) is 34.9. The van der Waals surface area contributed by atoms with Crippen molar-refractivity contribution >= 4 is 75.0 Å². The van der Waals surface area contributed by atoms with Crippen molar-refractivity contribution in [3.63, 3.8) is 0 Å². The van der Waals surface area contributed by atoms with Crippen LogP contribution in [0.4, 0.5) is 0 Å². The largest absolute Gasteiger partial charge is 0.456 e. The highest BCUT2D eigenvalue weighted by Crippen LogP contribution is 2.48. The maximum atomic E-state index is 6.73. The topological polar surface area (TPSA) is 13.1 Å². The van der Waals surface area contributed by atoms with Crippen molar-refractivity contribution in [2.75, 3.05) is 0 Å². The summed E-state index contributed by atoms with van der Waals surface area (Å²) in [5, 5.41) is 10.3. The summed E-state index contributed by atoms with van der Waals surface area (Å²) in [6.07, 6.45) is 0.